The van der Waals surface area contributed by atoms with Crippen molar-refractivity contribution in [2.24, 2.45) is 0 Å². The Kier molecular flexibility index (Phi) is 4.19. The molecule has 0 heterocycles. The molecule has 1 heteroatoms. The lowest BCUT2D eigenvalue weighted by Crippen LogP contribution is -2.22. The highest BCUT2D eigenvalue weighted by Crippen LogP contribution is 2.19. The number of hydrogen-bond donors (Lipinski definition) is 0. The Balaban J connectivity index is 2.56. The molecule has 0 aliphatic heterocycles. The van der Waals surface area contributed by atoms with Crippen molar-refractivity contribution in [1.82, 2.24) is 0 Å². The van der Waals surface area contributed by atoms with Gasteiger partial charge in [0.2, 0.25) is 0 Å². The van der Waals surface area contributed by atoms with Crippen LogP contribution in [0, 0.1) is 6.92 Å². The Morgan fingerprint density at radius 3 is 2.20 bits per heavy atom. The minimum absolute atomic E-state index is 0.116. The van der Waals surface area contributed by atoms with Crippen LogP contribution in [-0.2, 0) is 6.42 Å². The first kappa shape index (κ1) is 12.1. The fourth-order valence-electron chi connectivity index (χ4n) is 1.41. The maximum absolute atomic E-state index is 5.75. The van der Waals surface area contributed by atoms with Crippen molar-refractivity contribution in [2.45, 2.75) is 45.6 Å². The van der Waals surface area contributed by atoms with E-state index in [0.717, 1.165) is 25.0 Å². The Bertz CT molecular complexity index is 279. The topological polar surface area (TPSA) is 9.23 Å². The summed E-state index contributed by atoms with van der Waals surface area (Å²) in [5.74, 6) is 0.945. The first-order valence-corrected chi connectivity index (χ1v) is 5.58. The van der Waals surface area contributed by atoms with Crippen LogP contribution in [0.2, 0.25) is 0 Å². The molecule has 0 saturated heterocycles. The Hall–Kier alpha value is -0.980. The van der Waals surface area contributed by atoms with Gasteiger partial charge in [0.1, 0.15) is 11.4 Å². The van der Waals surface area contributed by atoms with Gasteiger partial charge >= 0.3 is 0 Å². The lowest BCUT2D eigenvalue weighted by Gasteiger charge is -2.21. The molecular formula is C14H21O. The number of ether oxygens (including phenoxy) is 1. The summed E-state index contributed by atoms with van der Waals surface area (Å²) >= 11 is 0. The van der Waals surface area contributed by atoms with Crippen molar-refractivity contribution < 1.29 is 4.74 Å². The van der Waals surface area contributed by atoms with Crippen molar-refractivity contribution in [1.29, 1.82) is 0 Å². The third-order valence-corrected chi connectivity index (χ3v) is 2.06. The van der Waals surface area contributed by atoms with Gasteiger partial charge < -0.3 is 4.74 Å². The molecule has 0 N–H and O–H groups in total. The second kappa shape index (κ2) is 5.20. The SMILES string of the molecule is [CH2]CCCc1ccc(OC(C)(C)C)cc1. The van der Waals surface area contributed by atoms with Crippen molar-refractivity contribution in [3.8, 4) is 5.75 Å². The summed E-state index contributed by atoms with van der Waals surface area (Å²) in [5.41, 5.74) is 1.24. The van der Waals surface area contributed by atoms with Crippen LogP contribution in [0.25, 0.3) is 0 Å². The molecule has 0 fully saturated rings. The van der Waals surface area contributed by atoms with Crippen LogP contribution in [0.3, 0.4) is 0 Å². The average molecular weight is 205 g/mol. The van der Waals surface area contributed by atoms with E-state index >= 15 is 0 Å². The zero-order chi connectivity index (χ0) is 11.3. The van der Waals surface area contributed by atoms with Crippen molar-refractivity contribution >= 4 is 0 Å². The molecule has 1 nitrogen and oxygen atoms in total. The van der Waals surface area contributed by atoms with Crippen LogP contribution >= 0.6 is 0 Å². The summed E-state index contributed by atoms with van der Waals surface area (Å²) in [5, 5.41) is 0. The summed E-state index contributed by atoms with van der Waals surface area (Å²) in [6, 6.07) is 8.36. The van der Waals surface area contributed by atoms with E-state index in [9.17, 15) is 0 Å². The summed E-state index contributed by atoms with van der Waals surface area (Å²) in [7, 11) is 0. The Morgan fingerprint density at radius 1 is 1.13 bits per heavy atom. The molecule has 83 valence electrons. The van der Waals surface area contributed by atoms with Crippen molar-refractivity contribution in [3.05, 3.63) is 36.8 Å². The van der Waals surface area contributed by atoms with Crippen LogP contribution in [0.5, 0.6) is 5.75 Å². The highest BCUT2D eigenvalue weighted by atomic mass is 16.5. The predicted molar refractivity (Wildman–Crippen MR) is 65.1 cm³/mol. The van der Waals surface area contributed by atoms with E-state index in [1.165, 1.54) is 5.56 Å². The quantitative estimate of drug-likeness (QED) is 0.721. The molecule has 0 spiro atoms. The second-order valence-electron chi connectivity index (χ2n) is 4.82. The van der Waals surface area contributed by atoms with Gasteiger partial charge in [-0.3, -0.25) is 0 Å². The zero-order valence-corrected chi connectivity index (χ0v) is 10.0. The summed E-state index contributed by atoms with van der Waals surface area (Å²) in [6.45, 7) is 10.0. The van der Waals surface area contributed by atoms with Crippen LogP contribution < -0.4 is 4.74 Å². The highest BCUT2D eigenvalue weighted by molar-refractivity contribution is 5.27. The number of benzene rings is 1. The molecule has 0 aliphatic rings. The molecule has 0 unspecified atom stereocenters. The lowest BCUT2D eigenvalue weighted by atomic mass is 10.1. The Labute approximate surface area is 93.5 Å². The molecule has 1 rings (SSSR count). The number of unbranched alkanes of at least 4 members (excludes halogenated alkanes) is 1. The molecule has 1 aromatic rings. The smallest absolute Gasteiger partial charge is 0.120 e. The molecule has 0 saturated carbocycles. The highest BCUT2D eigenvalue weighted by Gasteiger charge is 2.10. The third-order valence-electron chi connectivity index (χ3n) is 2.06. The lowest BCUT2D eigenvalue weighted by molar-refractivity contribution is 0.131. The summed E-state index contributed by atoms with van der Waals surface area (Å²) in [4.78, 5) is 0. The number of hydrogen-bond acceptors (Lipinski definition) is 1. The van der Waals surface area contributed by atoms with Crippen LogP contribution in [0.4, 0.5) is 0 Å². The number of rotatable bonds is 4. The first-order chi connectivity index (χ1) is 7.01. The van der Waals surface area contributed by atoms with E-state index in [1.54, 1.807) is 0 Å². The summed E-state index contributed by atoms with van der Waals surface area (Å²) in [6.07, 6.45) is 3.26. The maximum atomic E-state index is 5.75. The normalized spacial score (nSPS) is 11.5. The maximum Gasteiger partial charge on any atom is 0.120 e. The van der Waals surface area contributed by atoms with E-state index in [-0.39, 0.29) is 5.60 Å². The molecule has 0 bridgehead atoms. The minimum atomic E-state index is -0.116. The molecule has 1 radical (unpaired) electrons. The van der Waals surface area contributed by atoms with Gasteiger partial charge in [-0.25, -0.2) is 0 Å². The third kappa shape index (κ3) is 4.87. The molecule has 1 aromatic carbocycles. The minimum Gasteiger partial charge on any atom is -0.488 e. The van der Waals surface area contributed by atoms with E-state index in [0.29, 0.717) is 0 Å². The van der Waals surface area contributed by atoms with E-state index < -0.39 is 0 Å². The van der Waals surface area contributed by atoms with Gasteiger partial charge in [0.25, 0.3) is 0 Å². The van der Waals surface area contributed by atoms with Gasteiger partial charge in [-0.2, -0.15) is 0 Å². The van der Waals surface area contributed by atoms with E-state index in [2.05, 4.69) is 39.8 Å². The fraction of sp³-hybridized carbons (Fsp3) is 0.500. The van der Waals surface area contributed by atoms with Gasteiger partial charge in [-0.05, 0) is 51.3 Å². The largest absolute Gasteiger partial charge is 0.488 e. The molecule has 0 atom stereocenters. The van der Waals surface area contributed by atoms with Gasteiger partial charge in [-0.15, -0.1) is 0 Å². The summed E-state index contributed by atoms with van der Waals surface area (Å²) < 4.78 is 5.75. The standard InChI is InChI=1S/C14H21O/c1-5-6-7-12-8-10-13(11-9-12)15-14(2,3)4/h8-11H,1,5-7H2,2-4H3. The van der Waals surface area contributed by atoms with Crippen molar-refractivity contribution in [3.63, 3.8) is 0 Å². The van der Waals surface area contributed by atoms with E-state index in [4.69, 9.17) is 4.74 Å². The van der Waals surface area contributed by atoms with Gasteiger partial charge in [0, 0.05) is 0 Å². The average Bonchev–Trinajstić information content (AvgIpc) is 2.14. The number of aryl methyl sites for hydroxylation is 1. The zero-order valence-electron chi connectivity index (χ0n) is 10.0. The molecular weight excluding hydrogens is 184 g/mol. The van der Waals surface area contributed by atoms with Crippen LogP contribution in [0.15, 0.2) is 24.3 Å². The predicted octanol–water partition coefficient (Wildman–Crippen LogP) is 4.02. The monoisotopic (exact) mass is 205 g/mol. The molecule has 0 aromatic heterocycles. The molecule has 0 amide bonds. The molecule has 0 aliphatic carbocycles. The molecule has 15 heavy (non-hydrogen) atoms. The second-order valence-corrected chi connectivity index (χ2v) is 4.82. The van der Waals surface area contributed by atoms with Crippen LogP contribution in [0.1, 0.15) is 39.2 Å². The van der Waals surface area contributed by atoms with Crippen molar-refractivity contribution in [2.75, 3.05) is 0 Å². The van der Waals surface area contributed by atoms with Gasteiger partial charge in [0.15, 0.2) is 0 Å². The Morgan fingerprint density at radius 2 is 1.73 bits per heavy atom. The fourth-order valence-corrected chi connectivity index (χ4v) is 1.41. The van der Waals surface area contributed by atoms with E-state index in [1.807, 2.05) is 12.1 Å². The first-order valence-electron chi connectivity index (χ1n) is 5.58. The van der Waals surface area contributed by atoms with Crippen LogP contribution in [-0.4, -0.2) is 5.60 Å². The van der Waals surface area contributed by atoms with Gasteiger partial charge in [0.05, 0.1) is 0 Å². The van der Waals surface area contributed by atoms with Gasteiger partial charge in [-0.1, -0.05) is 25.5 Å².